The number of rotatable bonds is 6. The summed E-state index contributed by atoms with van der Waals surface area (Å²) >= 11 is 0. The molecule has 4 rings (SSSR count). The summed E-state index contributed by atoms with van der Waals surface area (Å²) in [5, 5.41) is 5.45. The Morgan fingerprint density at radius 3 is 2.44 bits per heavy atom. The van der Waals surface area contributed by atoms with E-state index < -0.39 is 16.6 Å². The van der Waals surface area contributed by atoms with Crippen LogP contribution in [0, 0.1) is 11.8 Å². The number of aromatic nitrogens is 3. The second-order valence-corrected chi connectivity index (χ2v) is 13.8. The van der Waals surface area contributed by atoms with Crippen molar-refractivity contribution in [2.24, 2.45) is 18.9 Å². The Kier molecular flexibility index (Phi) is 11.3. The van der Waals surface area contributed by atoms with Gasteiger partial charge in [0.2, 0.25) is 0 Å². The molecule has 1 amide bonds. The van der Waals surface area contributed by atoms with E-state index in [9.17, 15) is 9.00 Å². The van der Waals surface area contributed by atoms with Crippen molar-refractivity contribution in [1.29, 1.82) is 0 Å². The van der Waals surface area contributed by atoms with Crippen molar-refractivity contribution in [2.45, 2.75) is 97.3 Å². The lowest BCUT2D eigenvalue weighted by Gasteiger charge is -2.39. The fourth-order valence-corrected chi connectivity index (χ4v) is 5.87. The maximum absolute atomic E-state index is 12.6. The molecule has 0 spiro atoms. The molecule has 0 radical (unpaired) electrons. The predicted octanol–water partition coefficient (Wildman–Crippen LogP) is 5.18. The Labute approximate surface area is 237 Å². The SMILES string of the molecule is CC(C)C.Cn1ncc2cc(C3CCC(OCC4CN(C(=O)OC(C)(C)C)CCC4NS(C)=O)CC3)ncc21. The van der Waals surface area contributed by atoms with E-state index in [4.69, 9.17) is 14.5 Å². The smallest absolute Gasteiger partial charge is 0.410 e. The zero-order chi connectivity index (χ0) is 28.7. The van der Waals surface area contributed by atoms with E-state index >= 15 is 0 Å². The van der Waals surface area contributed by atoms with Gasteiger partial charge in [-0.15, -0.1) is 0 Å². The molecule has 2 fully saturated rings. The number of piperidine rings is 1. The number of likely N-dealkylation sites (tertiary alicyclic amines) is 1. The lowest BCUT2D eigenvalue weighted by molar-refractivity contribution is -0.0244. The van der Waals surface area contributed by atoms with Gasteiger partial charge in [-0.25, -0.2) is 13.7 Å². The second-order valence-electron chi connectivity index (χ2n) is 12.6. The van der Waals surface area contributed by atoms with Crippen LogP contribution >= 0.6 is 0 Å². The number of carbonyl (C=O) groups is 1. The van der Waals surface area contributed by atoms with Crippen molar-refractivity contribution < 1.29 is 18.5 Å². The quantitative estimate of drug-likeness (QED) is 0.520. The number of nitrogens with zero attached hydrogens (tertiary/aromatic N) is 4. The number of amides is 1. The maximum Gasteiger partial charge on any atom is 0.410 e. The summed E-state index contributed by atoms with van der Waals surface area (Å²) in [5.41, 5.74) is 1.66. The summed E-state index contributed by atoms with van der Waals surface area (Å²) in [4.78, 5) is 19.1. The van der Waals surface area contributed by atoms with Gasteiger partial charge in [-0.1, -0.05) is 20.8 Å². The van der Waals surface area contributed by atoms with Crippen molar-refractivity contribution >= 4 is 28.0 Å². The van der Waals surface area contributed by atoms with E-state index in [2.05, 4.69) is 36.7 Å². The highest BCUT2D eigenvalue weighted by Gasteiger charge is 2.35. The molecule has 3 unspecified atom stereocenters. The first-order valence-corrected chi connectivity index (χ1v) is 15.8. The Bertz CT molecular complexity index is 1090. The molecule has 3 heterocycles. The molecule has 0 aromatic carbocycles. The molecular weight excluding hydrogens is 514 g/mol. The molecule has 2 aromatic heterocycles. The molecule has 3 atom stereocenters. The monoisotopic (exact) mass is 563 g/mol. The molecule has 9 nitrogen and oxygen atoms in total. The fraction of sp³-hybridized carbons (Fsp3) is 0.759. The third-order valence-corrected chi connectivity index (χ3v) is 7.63. The number of carbonyl (C=O) groups excluding carboxylic acids is 1. The van der Waals surface area contributed by atoms with Crippen LogP contribution in [-0.4, -0.2) is 73.7 Å². The van der Waals surface area contributed by atoms with E-state index in [0.29, 0.717) is 25.6 Å². The minimum absolute atomic E-state index is 0.0475. The number of aryl methyl sites for hydroxylation is 1. The first-order chi connectivity index (χ1) is 18.3. The third-order valence-electron chi connectivity index (χ3n) is 7.00. The number of ether oxygens (including phenoxy) is 2. The number of hydrogen-bond acceptors (Lipinski definition) is 6. The van der Waals surface area contributed by atoms with Crippen LogP contribution in [0.25, 0.3) is 10.9 Å². The summed E-state index contributed by atoms with van der Waals surface area (Å²) in [7, 11) is 0.816. The summed E-state index contributed by atoms with van der Waals surface area (Å²) in [6.45, 7) is 13.8. The first-order valence-electron chi connectivity index (χ1n) is 14.3. The van der Waals surface area contributed by atoms with Crippen molar-refractivity contribution in [2.75, 3.05) is 26.0 Å². The van der Waals surface area contributed by atoms with Gasteiger partial charge in [-0.3, -0.25) is 9.67 Å². The average Bonchev–Trinajstić information content (AvgIpc) is 3.22. The van der Waals surface area contributed by atoms with Crippen molar-refractivity contribution in [3.05, 3.63) is 24.2 Å². The van der Waals surface area contributed by atoms with Gasteiger partial charge in [0.1, 0.15) is 5.60 Å². The molecule has 1 aliphatic carbocycles. The molecule has 220 valence electrons. The Morgan fingerprint density at radius 2 is 1.82 bits per heavy atom. The summed E-state index contributed by atoms with van der Waals surface area (Å²) < 4.78 is 28.8. The molecule has 39 heavy (non-hydrogen) atoms. The van der Waals surface area contributed by atoms with Crippen LogP contribution in [0.15, 0.2) is 18.5 Å². The topological polar surface area (TPSA) is 98.6 Å². The lowest BCUT2D eigenvalue weighted by Crippen LogP contribution is -2.53. The zero-order valence-electron chi connectivity index (χ0n) is 25.1. The third kappa shape index (κ3) is 9.83. The van der Waals surface area contributed by atoms with Crippen LogP contribution in [0.4, 0.5) is 4.79 Å². The summed E-state index contributed by atoms with van der Waals surface area (Å²) in [6, 6.07) is 2.22. The van der Waals surface area contributed by atoms with E-state index in [1.165, 1.54) is 0 Å². The normalized spacial score (nSPS) is 24.8. The molecule has 1 aliphatic heterocycles. The van der Waals surface area contributed by atoms with Gasteiger partial charge in [0.25, 0.3) is 0 Å². The van der Waals surface area contributed by atoms with Gasteiger partial charge in [-0.05, 0) is 64.9 Å². The summed E-state index contributed by atoms with van der Waals surface area (Å²) in [5.74, 6) is 1.33. The van der Waals surface area contributed by atoms with Crippen LogP contribution < -0.4 is 4.72 Å². The fourth-order valence-electron chi connectivity index (χ4n) is 5.14. The molecular formula is C29H49N5O4S. The van der Waals surface area contributed by atoms with Gasteiger partial charge < -0.3 is 14.4 Å². The van der Waals surface area contributed by atoms with Crippen LogP contribution in [0.5, 0.6) is 0 Å². The maximum atomic E-state index is 12.6. The Morgan fingerprint density at radius 1 is 1.15 bits per heavy atom. The van der Waals surface area contributed by atoms with Crippen molar-refractivity contribution in [3.63, 3.8) is 0 Å². The van der Waals surface area contributed by atoms with E-state index in [1.807, 2.05) is 44.9 Å². The van der Waals surface area contributed by atoms with Crippen molar-refractivity contribution in [1.82, 2.24) is 24.4 Å². The Balaban J connectivity index is 0.000000983. The average molecular weight is 564 g/mol. The highest BCUT2D eigenvalue weighted by Crippen LogP contribution is 2.34. The van der Waals surface area contributed by atoms with E-state index in [1.54, 1.807) is 11.2 Å². The molecule has 10 heteroatoms. The number of fused-ring (bicyclic) bond motifs is 1. The van der Waals surface area contributed by atoms with Crippen molar-refractivity contribution in [3.8, 4) is 0 Å². The summed E-state index contributed by atoms with van der Waals surface area (Å²) in [6.07, 6.45) is 10.1. The number of pyridine rings is 1. The molecule has 1 saturated carbocycles. The first kappa shape index (κ1) is 31.5. The van der Waals surface area contributed by atoms with Gasteiger partial charge in [0.05, 0.1) is 41.6 Å². The minimum Gasteiger partial charge on any atom is -0.444 e. The molecule has 2 aliphatic rings. The molecule has 1 saturated heterocycles. The number of hydrogen-bond donors (Lipinski definition) is 1. The van der Waals surface area contributed by atoms with Gasteiger partial charge in [0.15, 0.2) is 0 Å². The lowest BCUT2D eigenvalue weighted by atomic mass is 9.84. The van der Waals surface area contributed by atoms with Crippen LogP contribution in [0.1, 0.15) is 85.3 Å². The van der Waals surface area contributed by atoms with E-state index in [0.717, 1.165) is 54.6 Å². The minimum atomic E-state index is -1.12. The van der Waals surface area contributed by atoms with Gasteiger partial charge >= 0.3 is 6.09 Å². The zero-order valence-corrected chi connectivity index (χ0v) is 25.9. The highest BCUT2D eigenvalue weighted by atomic mass is 32.2. The van der Waals surface area contributed by atoms with E-state index in [-0.39, 0.29) is 24.2 Å². The van der Waals surface area contributed by atoms with Gasteiger partial charge in [0, 0.05) is 55.4 Å². The second kappa shape index (κ2) is 14.0. The van der Waals surface area contributed by atoms with Gasteiger partial charge in [-0.2, -0.15) is 5.10 Å². The number of nitrogens with one attached hydrogen (secondary N) is 1. The van der Waals surface area contributed by atoms with Crippen LogP contribution in [-0.2, 0) is 27.5 Å². The molecule has 2 aromatic rings. The standard InChI is InChI=1S/C25H39N5O4S.C4H10/c1-25(2,3)34-24(31)30-11-10-21(28-35(5)32)19(15-30)16-33-20-8-6-17(7-9-20)22-12-18-13-27-29(4)23(18)14-26-22;1-4(2)3/h12-14,17,19-21,28H,6-11,15-16H2,1-5H3;4H,1-3H3. The largest absolute Gasteiger partial charge is 0.444 e. The van der Waals surface area contributed by atoms with Crippen LogP contribution in [0.3, 0.4) is 0 Å². The van der Waals surface area contributed by atoms with Crippen LogP contribution in [0.2, 0.25) is 0 Å². The molecule has 0 bridgehead atoms. The predicted molar refractivity (Wildman–Crippen MR) is 157 cm³/mol. The highest BCUT2D eigenvalue weighted by molar-refractivity contribution is 7.82. The Hall–Kier alpha value is -2.04. The molecule has 1 N–H and O–H groups in total.